The van der Waals surface area contributed by atoms with E-state index in [1.165, 1.54) is 22.5 Å². The highest BCUT2D eigenvalue weighted by Gasteiger charge is 2.67. The number of alkyl halides is 1. The van der Waals surface area contributed by atoms with Gasteiger partial charge in [0.2, 0.25) is 5.60 Å². The maximum Gasteiger partial charge on any atom is 0.405 e. The average molecular weight is 618 g/mol. The van der Waals surface area contributed by atoms with E-state index in [1.54, 1.807) is 13.0 Å². The second kappa shape index (κ2) is 12.0. The second-order valence-electron chi connectivity index (χ2n) is 11.1. The van der Waals surface area contributed by atoms with Crippen LogP contribution >= 0.6 is 7.75 Å². The third-order valence-electron chi connectivity index (χ3n) is 8.37. The zero-order valence-corrected chi connectivity index (χ0v) is 25.3. The van der Waals surface area contributed by atoms with Crippen molar-refractivity contribution in [2.45, 2.75) is 56.8 Å². The predicted molar refractivity (Wildman–Crippen MR) is 161 cm³/mol. The molecule has 0 spiro atoms. The van der Waals surface area contributed by atoms with Crippen molar-refractivity contribution in [2.24, 2.45) is 0 Å². The van der Waals surface area contributed by atoms with E-state index in [1.807, 2.05) is 48.5 Å². The average Bonchev–Trinajstić information content (AvgIpc) is 3.71. The number of halogens is 1. The summed E-state index contributed by atoms with van der Waals surface area (Å²) in [6, 6.07) is 22.5. The van der Waals surface area contributed by atoms with Crippen molar-refractivity contribution in [1.29, 1.82) is 5.26 Å². The van der Waals surface area contributed by atoms with Crippen molar-refractivity contribution in [2.75, 3.05) is 13.2 Å². The van der Waals surface area contributed by atoms with Crippen LogP contribution in [0.25, 0.3) is 11.1 Å². The van der Waals surface area contributed by atoms with Gasteiger partial charge in [0.25, 0.3) is 0 Å². The Morgan fingerprint density at radius 2 is 1.95 bits per heavy atom. The van der Waals surface area contributed by atoms with Crippen molar-refractivity contribution in [3.8, 4) is 6.07 Å². The number of nitrogens with zero attached hydrogens (tertiary/aromatic N) is 4. The number of rotatable bonds is 11. The normalized spacial score (nSPS) is 25.8. The molecule has 2 aromatic carbocycles. The summed E-state index contributed by atoms with van der Waals surface area (Å²) >= 11 is 0. The lowest BCUT2D eigenvalue weighted by atomic mass is 9.82. The summed E-state index contributed by atoms with van der Waals surface area (Å²) in [5, 5.41) is 28.5. The minimum absolute atomic E-state index is 0.0110. The van der Waals surface area contributed by atoms with Crippen molar-refractivity contribution >= 4 is 18.8 Å². The van der Waals surface area contributed by atoms with Gasteiger partial charge in [0.1, 0.15) is 24.6 Å². The number of aryl methyl sites for hydroxylation is 1. The molecule has 0 saturated carbocycles. The molecule has 1 saturated heterocycles. The van der Waals surface area contributed by atoms with E-state index in [9.17, 15) is 14.9 Å². The van der Waals surface area contributed by atoms with Gasteiger partial charge in [-0.3, -0.25) is 9.05 Å². The molecule has 12 heteroatoms. The van der Waals surface area contributed by atoms with Gasteiger partial charge in [0.15, 0.2) is 5.67 Å². The topological polar surface area (TPSA) is 131 Å². The lowest BCUT2D eigenvalue weighted by Crippen LogP contribution is -2.48. The van der Waals surface area contributed by atoms with Gasteiger partial charge in [-0.1, -0.05) is 60.7 Å². The fourth-order valence-electron chi connectivity index (χ4n) is 5.87. The number of fused-ring (bicyclic) bond motifs is 2. The van der Waals surface area contributed by atoms with Crippen LogP contribution < -0.4 is 5.09 Å². The van der Waals surface area contributed by atoms with Gasteiger partial charge in [0, 0.05) is 6.54 Å². The van der Waals surface area contributed by atoms with Crippen LogP contribution in [-0.2, 0) is 37.0 Å². The van der Waals surface area contributed by atoms with E-state index in [0.29, 0.717) is 17.6 Å². The van der Waals surface area contributed by atoms with Crippen LogP contribution in [0.2, 0.25) is 0 Å². The Labute approximate surface area is 254 Å². The maximum atomic E-state index is 16.4. The SMILES string of the molecule is Cc1ncnn2c([C@]3(C#N)O[C@H](COP(=O)(NCCC4=CCc5ccccc54)OCc4ccccc4)[C@@H](O)[C@@]3(C)F)ccc12. The van der Waals surface area contributed by atoms with Crippen LogP contribution in [0, 0.1) is 18.3 Å². The molecule has 44 heavy (non-hydrogen) atoms. The highest BCUT2D eigenvalue weighted by molar-refractivity contribution is 7.51. The van der Waals surface area contributed by atoms with Gasteiger partial charge < -0.3 is 9.84 Å². The molecule has 1 aliphatic carbocycles. The molecule has 2 aliphatic rings. The van der Waals surface area contributed by atoms with Crippen LogP contribution in [-0.4, -0.2) is 50.7 Å². The maximum absolute atomic E-state index is 16.4. The predicted octanol–water partition coefficient (Wildman–Crippen LogP) is 5.21. The van der Waals surface area contributed by atoms with E-state index >= 15 is 4.39 Å². The van der Waals surface area contributed by atoms with E-state index in [0.717, 1.165) is 30.0 Å². The zero-order chi connectivity index (χ0) is 31.0. The Kier molecular flexibility index (Phi) is 8.24. The Bertz CT molecular complexity index is 1790. The van der Waals surface area contributed by atoms with Crippen LogP contribution in [0.3, 0.4) is 0 Å². The molecule has 4 aromatic rings. The highest BCUT2D eigenvalue weighted by atomic mass is 31.2. The van der Waals surface area contributed by atoms with Gasteiger partial charge in [0.05, 0.1) is 30.1 Å². The largest absolute Gasteiger partial charge is 0.405 e. The molecule has 5 atom stereocenters. The first-order valence-electron chi connectivity index (χ1n) is 14.4. The molecule has 0 radical (unpaired) electrons. The number of aromatic nitrogens is 3. The van der Waals surface area contributed by atoms with Crippen molar-refractivity contribution in [3.63, 3.8) is 0 Å². The second-order valence-corrected chi connectivity index (χ2v) is 13.0. The monoisotopic (exact) mass is 617 g/mol. The Balaban J connectivity index is 1.20. The number of ether oxygens (including phenoxy) is 1. The van der Waals surface area contributed by atoms with Crippen LogP contribution in [0.4, 0.5) is 4.39 Å². The number of allylic oxidation sites excluding steroid dienone is 1. The zero-order valence-electron chi connectivity index (χ0n) is 24.4. The summed E-state index contributed by atoms with van der Waals surface area (Å²) < 4.78 is 49.4. The van der Waals surface area contributed by atoms with Gasteiger partial charge >= 0.3 is 7.75 Å². The van der Waals surface area contributed by atoms with Crippen molar-refractivity contribution in [3.05, 3.63) is 107 Å². The van der Waals surface area contributed by atoms with Gasteiger partial charge in [-0.15, -0.1) is 0 Å². The van der Waals surface area contributed by atoms with E-state index in [4.69, 9.17) is 13.8 Å². The summed E-state index contributed by atoms with van der Waals surface area (Å²) in [6.45, 7) is 2.62. The third-order valence-corrected chi connectivity index (χ3v) is 9.94. The Morgan fingerprint density at radius 3 is 2.75 bits per heavy atom. The van der Waals surface area contributed by atoms with Gasteiger partial charge in [-0.25, -0.2) is 23.5 Å². The van der Waals surface area contributed by atoms with Crippen molar-refractivity contribution in [1.82, 2.24) is 19.7 Å². The van der Waals surface area contributed by atoms with Crippen LogP contribution in [0.15, 0.2) is 79.1 Å². The molecule has 6 rings (SSSR count). The molecular weight excluding hydrogens is 584 g/mol. The Morgan fingerprint density at radius 1 is 1.18 bits per heavy atom. The van der Waals surface area contributed by atoms with E-state index < -0.39 is 37.8 Å². The molecule has 2 N–H and O–H groups in total. The lowest BCUT2D eigenvalue weighted by Gasteiger charge is -2.30. The number of aliphatic hydroxyl groups excluding tert-OH is 1. The minimum Gasteiger partial charge on any atom is -0.387 e. The standard InChI is InChI=1S/C32H33FN5O5P/c1-22-27-14-15-29(38(27)36-21-35-22)32(20-34)31(2,33)30(39)28(43-32)19-42-44(40,41-18-23-8-4-3-5-9-23)37-17-16-25-13-12-24-10-6-7-11-26(24)25/h3-11,13-15,21,28,30,39H,12,16-19H2,1-2H3,(H,37,40)/t28-,30-,31-,32+,44?/m1/s1. The molecule has 10 nitrogen and oxygen atoms in total. The fourth-order valence-corrected chi connectivity index (χ4v) is 7.17. The molecule has 3 heterocycles. The molecule has 2 aromatic heterocycles. The first kappa shape index (κ1) is 30.3. The minimum atomic E-state index is -4.00. The molecule has 1 unspecified atom stereocenters. The number of aliphatic hydroxyl groups is 1. The number of hydrogen-bond acceptors (Lipinski definition) is 8. The molecule has 1 aliphatic heterocycles. The summed E-state index contributed by atoms with van der Waals surface area (Å²) in [5.41, 5.74) is 0.771. The molecule has 0 amide bonds. The summed E-state index contributed by atoms with van der Waals surface area (Å²) in [6.07, 6.45) is 1.71. The van der Waals surface area contributed by atoms with Crippen molar-refractivity contribution < 1.29 is 27.8 Å². The summed E-state index contributed by atoms with van der Waals surface area (Å²) in [4.78, 5) is 4.14. The quantitative estimate of drug-likeness (QED) is 0.218. The molecule has 228 valence electrons. The Hall–Kier alpha value is -3.75. The first-order valence-corrected chi connectivity index (χ1v) is 15.9. The number of nitriles is 1. The van der Waals surface area contributed by atoms with E-state index in [2.05, 4.69) is 33.4 Å². The molecule has 1 fully saturated rings. The molecular formula is C32H33FN5O5P. The van der Waals surface area contributed by atoms with Gasteiger partial charge in [-0.2, -0.15) is 10.4 Å². The third kappa shape index (κ3) is 5.39. The van der Waals surface area contributed by atoms with Gasteiger partial charge in [-0.05, 0) is 61.1 Å². The smallest absolute Gasteiger partial charge is 0.387 e. The molecule has 0 bridgehead atoms. The highest BCUT2D eigenvalue weighted by Crippen LogP contribution is 2.51. The van der Waals surface area contributed by atoms with E-state index in [-0.39, 0.29) is 18.8 Å². The van der Waals surface area contributed by atoms with Crippen LogP contribution in [0.5, 0.6) is 0 Å². The van der Waals surface area contributed by atoms with Crippen LogP contribution in [0.1, 0.15) is 41.4 Å². The lowest BCUT2D eigenvalue weighted by molar-refractivity contribution is -0.0707. The number of benzene rings is 2. The number of nitrogens with one attached hydrogen (secondary N) is 1. The first-order chi connectivity index (χ1) is 21.2. The summed E-state index contributed by atoms with van der Waals surface area (Å²) in [7, 11) is -4.00. The number of hydrogen-bond donors (Lipinski definition) is 2. The fraction of sp³-hybridized carbons (Fsp3) is 0.344. The summed E-state index contributed by atoms with van der Waals surface area (Å²) in [5.74, 6) is 0.